The van der Waals surface area contributed by atoms with Crippen molar-refractivity contribution in [1.82, 2.24) is 4.90 Å². The fourth-order valence-corrected chi connectivity index (χ4v) is 2.97. The number of hydrogen-bond donors (Lipinski definition) is 1. The highest BCUT2D eigenvalue weighted by Crippen LogP contribution is 2.30. The molecule has 27 heavy (non-hydrogen) atoms. The molecule has 2 unspecified atom stereocenters. The van der Waals surface area contributed by atoms with Crippen LogP contribution in [-0.4, -0.2) is 52.7 Å². The first-order chi connectivity index (χ1) is 12.5. The topological polar surface area (TPSA) is 110 Å². The van der Waals surface area contributed by atoms with Crippen molar-refractivity contribution < 1.29 is 37.5 Å². The van der Waals surface area contributed by atoms with Gasteiger partial charge in [-0.3, -0.25) is 19.7 Å². The molecule has 0 bridgehead atoms. The molecule has 1 aliphatic heterocycles. The quantitative estimate of drug-likeness (QED) is 0.611. The number of rotatable bonds is 5. The van der Waals surface area contributed by atoms with Gasteiger partial charge in [0.2, 0.25) is 0 Å². The fourth-order valence-electron chi connectivity index (χ4n) is 2.97. The van der Waals surface area contributed by atoms with Gasteiger partial charge in [0.05, 0.1) is 10.8 Å². The van der Waals surface area contributed by atoms with Crippen molar-refractivity contribution in [3.63, 3.8) is 0 Å². The van der Waals surface area contributed by atoms with E-state index in [0.29, 0.717) is 0 Å². The van der Waals surface area contributed by atoms with Crippen LogP contribution in [0.25, 0.3) is 0 Å². The molecule has 1 aromatic rings. The van der Waals surface area contributed by atoms with E-state index in [-0.39, 0.29) is 31.2 Å². The molecule has 0 saturated carbocycles. The minimum Gasteiger partial charge on any atom is -0.484 e. The number of nitro benzene ring substituents is 1. The molecule has 0 aromatic heterocycles. The smallest absolute Gasteiger partial charge is 0.422 e. The lowest BCUT2D eigenvalue weighted by Gasteiger charge is -2.34. The Labute approximate surface area is 151 Å². The summed E-state index contributed by atoms with van der Waals surface area (Å²) in [6.07, 6.45) is -4.42. The van der Waals surface area contributed by atoms with Crippen molar-refractivity contribution in [2.75, 3.05) is 19.7 Å². The second-order valence-corrected chi connectivity index (χ2v) is 6.30. The zero-order valence-electron chi connectivity index (χ0n) is 14.2. The Hall–Kier alpha value is -2.85. The second kappa shape index (κ2) is 7.80. The van der Waals surface area contributed by atoms with E-state index in [9.17, 15) is 32.9 Å². The maximum absolute atomic E-state index is 12.7. The van der Waals surface area contributed by atoms with Crippen LogP contribution < -0.4 is 4.74 Å². The maximum atomic E-state index is 12.7. The molecule has 1 N–H and O–H groups in total. The van der Waals surface area contributed by atoms with Crippen molar-refractivity contribution in [3.8, 4) is 5.75 Å². The molecule has 0 aliphatic carbocycles. The van der Waals surface area contributed by atoms with Gasteiger partial charge < -0.3 is 14.7 Å². The summed E-state index contributed by atoms with van der Waals surface area (Å²) in [7, 11) is 0. The van der Waals surface area contributed by atoms with Gasteiger partial charge in [0.25, 0.3) is 11.6 Å². The summed E-state index contributed by atoms with van der Waals surface area (Å²) in [5, 5.41) is 20.3. The summed E-state index contributed by atoms with van der Waals surface area (Å²) in [5.74, 6) is -3.07. The number of piperidine rings is 1. The molecule has 0 radical (unpaired) electrons. The normalized spacial score (nSPS) is 20.2. The van der Waals surface area contributed by atoms with Crippen molar-refractivity contribution in [1.29, 1.82) is 0 Å². The lowest BCUT2D eigenvalue weighted by atomic mass is 9.86. The lowest BCUT2D eigenvalue weighted by molar-refractivity contribution is -0.385. The summed E-state index contributed by atoms with van der Waals surface area (Å²) in [6.45, 7) is 0.195. The first kappa shape index (κ1) is 20.5. The van der Waals surface area contributed by atoms with Crippen molar-refractivity contribution >= 4 is 17.6 Å². The molecule has 1 heterocycles. The standard InChI is InChI=1S/C16H17F3N2O6/c1-9-7-20(5-4-11(9)15(23)24)14(22)12-6-10(27-8-16(17,18)19)2-3-13(12)21(25)26/h2-3,6,9,11H,4-5,7-8H2,1H3,(H,23,24). The molecule has 1 amide bonds. The molecule has 1 fully saturated rings. The number of nitrogens with zero attached hydrogens (tertiary/aromatic N) is 2. The Bertz CT molecular complexity index is 752. The molecule has 8 nitrogen and oxygen atoms in total. The SMILES string of the molecule is CC1CN(C(=O)c2cc(OCC(F)(F)F)ccc2[N+](=O)[O-])CCC1C(=O)O. The number of aliphatic carboxylic acids is 1. The minimum atomic E-state index is -4.60. The minimum absolute atomic E-state index is 0.0700. The van der Waals surface area contributed by atoms with E-state index in [1.165, 1.54) is 4.90 Å². The monoisotopic (exact) mass is 390 g/mol. The highest BCUT2D eigenvalue weighted by Gasteiger charge is 2.35. The highest BCUT2D eigenvalue weighted by atomic mass is 19.4. The summed E-state index contributed by atoms with van der Waals surface area (Å²) >= 11 is 0. The van der Waals surface area contributed by atoms with Gasteiger partial charge in [-0.25, -0.2) is 0 Å². The fraction of sp³-hybridized carbons (Fsp3) is 0.500. The number of hydrogen-bond acceptors (Lipinski definition) is 5. The number of ether oxygens (including phenoxy) is 1. The van der Waals surface area contributed by atoms with Crippen LogP contribution in [0.4, 0.5) is 18.9 Å². The molecule has 11 heteroatoms. The number of likely N-dealkylation sites (tertiary alicyclic amines) is 1. The van der Waals surface area contributed by atoms with Crippen molar-refractivity contribution in [2.24, 2.45) is 11.8 Å². The molecule has 2 atom stereocenters. The Morgan fingerprint density at radius 1 is 1.41 bits per heavy atom. The van der Waals surface area contributed by atoms with Gasteiger partial charge in [-0.15, -0.1) is 0 Å². The van der Waals surface area contributed by atoms with E-state index in [1.54, 1.807) is 6.92 Å². The summed E-state index contributed by atoms with van der Waals surface area (Å²) < 4.78 is 41.4. The molecule has 1 aromatic carbocycles. The van der Waals surface area contributed by atoms with Gasteiger partial charge >= 0.3 is 12.1 Å². The van der Waals surface area contributed by atoms with Crippen LogP contribution in [0, 0.1) is 22.0 Å². The molecule has 148 valence electrons. The average molecular weight is 390 g/mol. The zero-order chi connectivity index (χ0) is 20.4. The zero-order valence-corrected chi connectivity index (χ0v) is 14.2. The van der Waals surface area contributed by atoms with E-state index in [0.717, 1.165) is 18.2 Å². The van der Waals surface area contributed by atoms with Crippen LogP contribution in [0.2, 0.25) is 0 Å². The van der Waals surface area contributed by atoms with Crippen LogP contribution in [-0.2, 0) is 4.79 Å². The van der Waals surface area contributed by atoms with E-state index >= 15 is 0 Å². The number of carbonyl (C=O) groups is 2. The molecule has 2 rings (SSSR count). The van der Waals surface area contributed by atoms with Crippen LogP contribution in [0.15, 0.2) is 18.2 Å². The molecule has 1 saturated heterocycles. The Balaban J connectivity index is 2.25. The third-order valence-corrected chi connectivity index (χ3v) is 4.31. The van der Waals surface area contributed by atoms with E-state index in [4.69, 9.17) is 5.11 Å². The Kier molecular flexibility index (Phi) is 5.91. The van der Waals surface area contributed by atoms with Crippen LogP contribution in [0.1, 0.15) is 23.7 Å². The number of benzene rings is 1. The summed E-state index contributed by atoms with van der Waals surface area (Å²) in [4.78, 5) is 35.5. The first-order valence-corrected chi connectivity index (χ1v) is 7.99. The number of halogens is 3. The third kappa shape index (κ3) is 5.08. The number of carbonyl (C=O) groups excluding carboxylic acids is 1. The van der Waals surface area contributed by atoms with E-state index < -0.39 is 46.8 Å². The molecular formula is C16H17F3N2O6. The second-order valence-electron chi connectivity index (χ2n) is 6.30. The molecule has 1 aliphatic rings. The predicted octanol–water partition coefficient (Wildman–Crippen LogP) is 2.72. The number of carboxylic acids is 1. The van der Waals surface area contributed by atoms with Crippen molar-refractivity contribution in [3.05, 3.63) is 33.9 Å². The van der Waals surface area contributed by atoms with Crippen LogP contribution >= 0.6 is 0 Å². The van der Waals surface area contributed by atoms with Gasteiger partial charge in [-0.05, 0) is 24.5 Å². The number of carboxylic acid groups (broad SMARTS) is 1. The Morgan fingerprint density at radius 2 is 2.07 bits per heavy atom. The van der Waals surface area contributed by atoms with Gasteiger partial charge in [0.1, 0.15) is 11.3 Å². The Morgan fingerprint density at radius 3 is 2.59 bits per heavy atom. The number of alkyl halides is 3. The predicted molar refractivity (Wildman–Crippen MR) is 85.5 cm³/mol. The van der Waals surface area contributed by atoms with Gasteiger partial charge in [0, 0.05) is 19.2 Å². The maximum Gasteiger partial charge on any atom is 0.422 e. The van der Waals surface area contributed by atoms with Crippen LogP contribution in [0.3, 0.4) is 0 Å². The van der Waals surface area contributed by atoms with Gasteiger partial charge in [0.15, 0.2) is 6.61 Å². The lowest BCUT2D eigenvalue weighted by Crippen LogP contribution is -2.45. The van der Waals surface area contributed by atoms with E-state index in [2.05, 4.69) is 4.74 Å². The number of nitro groups is 1. The molecular weight excluding hydrogens is 373 g/mol. The van der Waals surface area contributed by atoms with Gasteiger partial charge in [-0.2, -0.15) is 13.2 Å². The largest absolute Gasteiger partial charge is 0.484 e. The van der Waals surface area contributed by atoms with E-state index in [1.807, 2.05) is 0 Å². The average Bonchev–Trinajstić information content (AvgIpc) is 2.57. The highest BCUT2D eigenvalue weighted by molar-refractivity contribution is 5.98. The van der Waals surface area contributed by atoms with Gasteiger partial charge in [-0.1, -0.05) is 6.92 Å². The number of amides is 1. The molecule has 0 spiro atoms. The summed E-state index contributed by atoms with van der Waals surface area (Å²) in [6, 6.07) is 2.80. The first-order valence-electron chi connectivity index (χ1n) is 7.99. The third-order valence-electron chi connectivity index (χ3n) is 4.31. The van der Waals surface area contributed by atoms with Crippen molar-refractivity contribution in [2.45, 2.75) is 19.5 Å². The summed E-state index contributed by atoms with van der Waals surface area (Å²) in [5.41, 5.74) is -0.965. The van der Waals surface area contributed by atoms with Crippen LogP contribution in [0.5, 0.6) is 5.75 Å².